The molecule has 30 heavy (non-hydrogen) atoms. The van der Waals surface area contributed by atoms with Crippen LogP contribution in [0.5, 0.6) is 0 Å². The first kappa shape index (κ1) is 20.6. The van der Waals surface area contributed by atoms with Crippen LogP contribution in [0.3, 0.4) is 0 Å². The lowest BCUT2D eigenvalue weighted by Crippen LogP contribution is -2.72. The number of aromatic nitrogens is 1. The van der Waals surface area contributed by atoms with Crippen LogP contribution in [0.2, 0.25) is 0 Å². The SMILES string of the molecule is CCCC1=C(C(=O)O)N2C(=O)C(N(C(=O)CN)c3ccc4nc(N)sc4c3)C2SC1. The van der Waals surface area contributed by atoms with E-state index in [4.69, 9.17) is 11.5 Å². The summed E-state index contributed by atoms with van der Waals surface area (Å²) < 4.78 is 0.788. The minimum atomic E-state index is -1.12. The molecular formula is C19H21N5O4S2. The Bertz CT molecular complexity index is 1080. The number of thiazole rings is 1. The summed E-state index contributed by atoms with van der Waals surface area (Å²) in [5.41, 5.74) is 13.4. The first-order chi connectivity index (χ1) is 14.4. The number of fused-ring (bicyclic) bond motifs is 2. The van der Waals surface area contributed by atoms with Crippen molar-refractivity contribution in [1.29, 1.82) is 0 Å². The Morgan fingerprint density at radius 2 is 2.17 bits per heavy atom. The van der Waals surface area contributed by atoms with Gasteiger partial charge in [-0.15, -0.1) is 11.8 Å². The third kappa shape index (κ3) is 3.22. The molecular weight excluding hydrogens is 426 g/mol. The van der Waals surface area contributed by atoms with Gasteiger partial charge < -0.3 is 16.6 Å². The van der Waals surface area contributed by atoms with E-state index < -0.39 is 29.2 Å². The molecule has 2 aromatic rings. The van der Waals surface area contributed by atoms with E-state index in [1.807, 2.05) is 6.92 Å². The van der Waals surface area contributed by atoms with E-state index in [-0.39, 0.29) is 12.2 Å². The predicted octanol–water partition coefficient (Wildman–Crippen LogP) is 1.59. The molecule has 1 aromatic heterocycles. The summed E-state index contributed by atoms with van der Waals surface area (Å²) in [5, 5.41) is 9.65. The number of amides is 2. The van der Waals surface area contributed by atoms with Crippen molar-refractivity contribution in [3.05, 3.63) is 29.5 Å². The molecule has 2 aliphatic heterocycles. The van der Waals surface area contributed by atoms with E-state index in [1.165, 1.54) is 32.9 Å². The van der Waals surface area contributed by atoms with Gasteiger partial charge in [0.1, 0.15) is 17.1 Å². The minimum Gasteiger partial charge on any atom is -0.477 e. The van der Waals surface area contributed by atoms with E-state index in [9.17, 15) is 19.5 Å². The number of benzene rings is 1. The van der Waals surface area contributed by atoms with Crippen molar-refractivity contribution >= 4 is 61.9 Å². The van der Waals surface area contributed by atoms with Gasteiger partial charge in [-0.3, -0.25) is 19.4 Å². The highest BCUT2D eigenvalue weighted by Gasteiger charge is 2.57. The fourth-order valence-corrected chi connectivity index (χ4v) is 6.10. The molecule has 2 unspecified atom stereocenters. The van der Waals surface area contributed by atoms with Crippen molar-refractivity contribution in [3.8, 4) is 0 Å². The summed E-state index contributed by atoms with van der Waals surface area (Å²) in [4.78, 5) is 44.6. The molecule has 2 atom stereocenters. The Hall–Kier alpha value is -2.63. The summed E-state index contributed by atoms with van der Waals surface area (Å²) >= 11 is 2.76. The van der Waals surface area contributed by atoms with Crippen LogP contribution in [0.4, 0.5) is 10.8 Å². The third-order valence-corrected chi connectivity index (χ3v) is 7.33. The van der Waals surface area contributed by atoms with Gasteiger partial charge in [0, 0.05) is 11.4 Å². The zero-order valence-corrected chi connectivity index (χ0v) is 17.8. The first-order valence-corrected chi connectivity index (χ1v) is 11.3. The fourth-order valence-electron chi connectivity index (χ4n) is 3.90. The molecule has 0 radical (unpaired) electrons. The molecule has 1 saturated heterocycles. The molecule has 11 heteroatoms. The molecule has 1 aromatic carbocycles. The number of thioether (sulfide) groups is 1. The van der Waals surface area contributed by atoms with Crippen molar-refractivity contribution in [2.75, 3.05) is 22.9 Å². The maximum atomic E-state index is 13.1. The molecule has 0 bridgehead atoms. The number of carbonyl (C=O) groups excluding carboxylic acids is 2. The van der Waals surface area contributed by atoms with E-state index in [0.717, 1.165) is 16.7 Å². The Labute approximate surface area is 180 Å². The van der Waals surface area contributed by atoms with Crippen molar-refractivity contribution in [2.45, 2.75) is 31.2 Å². The van der Waals surface area contributed by atoms with Gasteiger partial charge in [0.05, 0.1) is 16.8 Å². The van der Waals surface area contributed by atoms with Gasteiger partial charge in [-0.25, -0.2) is 9.78 Å². The monoisotopic (exact) mass is 447 g/mol. The normalized spacial score (nSPS) is 20.9. The number of nitrogens with zero attached hydrogens (tertiary/aromatic N) is 3. The lowest BCUT2D eigenvalue weighted by Gasteiger charge is -2.52. The predicted molar refractivity (Wildman–Crippen MR) is 117 cm³/mol. The van der Waals surface area contributed by atoms with Gasteiger partial charge in [-0.1, -0.05) is 24.7 Å². The number of nitrogens with two attached hydrogens (primary N) is 2. The number of carboxylic acids is 1. The van der Waals surface area contributed by atoms with Gasteiger partial charge in [-0.2, -0.15) is 0 Å². The Kier molecular flexibility index (Phi) is 5.43. The zero-order chi connectivity index (χ0) is 21.6. The average molecular weight is 448 g/mol. The average Bonchev–Trinajstić information content (AvgIpc) is 3.10. The molecule has 0 spiro atoms. The van der Waals surface area contributed by atoms with Gasteiger partial charge >= 0.3 is 5.97 Å². The van der Waals surface area contributed by atoms with Crippen LogP contribution < -0.4 is 16.4 Å². The topological polar surface area (TPSA) is 143 Å². The van der Waals surface area contributed by atoms with Crippen molar-refractivity contribution in [3.63, 3.8) is 0 Å². The highest BCUT2D eigenvalue weighted by molar-refractivity contribution is 8.00. The minimum absolute atomic E-state index is 0.0488. The van der Waals surface area contributed by atoms with Crippen LogP contribution in [-0.2, 0) is 14.4 Å². The highest BCUT2D eigenvalue weighted by atomic mass is 32.2. The Balaban J connectivity index is 1.72. The molecule has 0 aliphatic carbocycles. The number of carbonyl (C=O) groups is 3. The number of nitrogen functional groups attached to an aromatic ring is 1. The fraction of sp³-hybridized carbons (Fsp3) is 0.368. The second-order valence-electron chi connectivity index (χ2n) is 7.03. The summed E-state index contributed by atoms with van der Waals surface area (Å²) in [5.74, 6) is -1.43. The maximum absolute atomic E-state index is 13.1. The second-order valence-corrected chi connectivity index (χ2v) is 9.20. The van der Waals surface area contributed by atoms with Gasteiger partial charge in [0.25, 0.3) is 5.91 Å². The molecule has 158 valence electrons. The summed E-state index contributed by atoms with van der Waals surface area (Å²) in [6.07, 6.45) is 1.41. The smallest absolute Gasteiger partial charge is 0.352 e. The molecule has 2 amide bonds. The van der Waals surface area contributed by atoms with Gasteiger partial charge in [-0.05, 0) is 30.2 Å². The van der Waals surface area contributed by atoms with Crippen molar-refractivity contribution in [2.24, 2.45) is 5.73 Å². The zero-order valence-electron chi connectivity index (χ0n) is 16.2. The highest BCUT2D eigenvalue weighted by Crippen LogP contribution is 2.44. The van der Waals surface area contributed by atoms with Crippen LogP contribution in [0.15, 0.2) is 29.5 Å². The van der Waals surface area contributed by atoms with Crippen LogP contribution in [0, 0.1) is 0 Å². The molecule has 2 aliphatic rings. The van der Waals surface area contributed by atoms with E-state index in [0.29, 0.717) is 28.5 Å². The number of anilines is 2. The van der Waals surface area contributed by atoms with Gasteiger partial charge in [0.2, 0.25) is 5.91 Å². The van der Waals surface area contributed by atoms with E-state index in [1.54, 1.807) is 18.2 Å². The van der Waals surface area contributed by atoms with Crippen LogP contribution in [0.25, 0.3) is 10.2 Å². The molecule has 0 saturated carbocycles. The van der Waals surface area contributed by atoms with E-state index >= 15 is 0 Å². The third-order valence-electron chi connectivity index (χ3n) is 5.16. The summed E-state index contributed by atoms with van der Waals surface area (Å²) in [6, 6.07) is 4.39. The molecule has 1 fully saturated rings. The molecule has 5 N–H and O–H groups in total. The lowest BCUT2D eigenvalue weighted by atomic mass is 9.98. The number of β-lactam (4-membered cyclic amide) rings is 1. The number of rotatable bonds is 6. The van der Waals surface area contributed by atoms with Crippen LogP contribution >= 0.6 is 23.1 Å². The molecule has 9 nitrogen and oxygen atoms in total. The van der Waals surface area contributed by atoms with Crippen molar-refractivity contribution in [1.82, 2.24) is 9.88 Å². The van der Waals surface area contributed by atoms with Crippen LogP contribution in [-0.4, -0.2) is 56.5 Å². The lowest BCUT2D eigenvalue weighted by molar-refractivity contribution is -0.149. The maximum Gasteiger partial charge on any atom is 0.352 e. The summed E-state index contributed by atoms with van der Waals surface area (Å²) in [7, 11) is 0. The quantitative estimate of drug-likeness (QED) is 0.567. The number of aliphatic carboxylic acids is 1. The Morgan fingerprint density at radius 1 is 1.40 bits per heavy atom. The summed E-state index contributed by atoms with van der Waals surface area (Å²) in [6.45, 7) is 1.70. The van der Waals surface area contributed by atoms with E-state index in [2.05, 4.69) is 4.98 Å². The molecule has 4 rings (SSSR count). The number of hydrogen-bond donors (Lipinski definition) is 3. The van der Waals surface area contributed by atoms with Crippen LogP contribution in [0.1, 0.15) is 19.8 Å². The second kappa shape index (κ2) is 7.89. The Morgan fingerprint density at radius 3 is 2.83 bits per heavy atom. The number of carboxylic acid groups (broad SMARTS) is 1. The first-order valence-electron chi connectivity index (χ1n) is 9.45. The number of hydrogen-bond acceptors (Lipinski definition) is 8. The standard InChI is InChI=1S/C19H21N5O4S2/c1-2-3-9-8-29-17-15(16(26)24(17)14(9)18(27)28)23(13(25)7-20)10-4-5-11-12(6-10)30-19(21)22-11/h4-6,15,17H,2-3,7-8,20H2,1H3,(H2,21,22)(H,27,28). The van der Waals surface area contributed by atoms with Crippen molar-refractivity contribution < 1.29 is 19.5 Å². The van der Waals surface area contributed by atoms with Gasteiger partial charge in [0.15, 0.2) is 5.13 Å². The molecule has 3 heterocycles. The largest absolute Gasteiger partial charge is 0.477 e.